The number of hydrogen-bond donors (Lipinski definition) is 2. The van der Waals surface area contributed by atoms with E-state index in [1.165, 1.54) is 16.5 Å². The van der Waals surface area contributed by atoms with Crippen molar-refractivity contribution in [1.29, 1.82) is 0 Å². The van der Waals surface area contributed by atoms with Crippen molar-refractivity contribution in [3.05, 3.63) is 65.9 Å². The maximum absolute atomic E-state index is 6.01. The van der Waals surface area contributed by atoms with Gasteiger partial charge in [-0.25, -0.2) is 0 Å². The first-order chi connectivity index (χ1) is 9.83. The van der Waals surface area contributed by atoms with Gasteiger partial charge < -0.3 is 15.5 Å². The Morgan fingerprint density at radius 2 is 1.85 bits per heavy atom. The lowest BCUT2D eigenvalue weighted by Gasteiger charge is -2.15. The Morgan fingerprint density at radius 3 is 2.55 bits per heavy atom. The van der Waals surface area contributed by atoms with E-state index in [9.17, 15) is 0 Å². The number of hydrogen-bond acceptors (Lipinski definition) is 2. The van der Waals surface area contributed by atoms with Crippen molar-refractivity contribution < 1.29 is 4.74 Å². The molecule has 1 heterocycles. The Balaban J connectivity index is 2.04. The van der Waals surface area contributed by atoms with Gasteiger partial charge in [0, 0.05) is 29.6 Å². The molecule has 0 aliphatic rings. The van der Waals surface area contributed by atoms with Crippen LogP contribution in [0.5, 0.6) is 5.75 Å². The fourth-order valence-corrected chi connectivity index (χ4v) is 2.66. The molecule has 3 aromatic rings. The van der Waals surface area contributed by atoms with Crippen LogP contribution in [0.2, 0.25) is 0 Å². The molecule has 3 rings (SSSR count). The van der Waals surface area contributed by atoms with E-state index in [1.807, 2.05) is 18.2 Å². The summed E-state index contributed by atoms with van der Waals surface area (Å²) in [5.74, 6) is 1.06. The van der Waals surface area contributed by atoms with Crippen molar-refractivity contribution in [3.63, 3.8) is 0 Å². The number of fused-ring (bicyclic) bond motifs is 1. The summed E-state index contributed by atoms with van der Waals surface area (Å²) in [6, 6.07) is 16.4. The third-order valence-corrected chi connectivity index (χ3v) is 3.75. The number of nitrogens with two attached hydrogens (primary N) is 1. The summed E-state index contributed by atoms with van der Waals surface area (Å²) in [5.41, 5.74) is 9.61. The van der Waals surface area contributed by atoms with Crippen LogP contribution < -0.4 is 10.5 Å². The van der Waals surface area contributed by atoms with Gasteiger partial charge in [-0.1, -0.05) is 30.3 Å². The van der Waals surface area contributed by atoms with Gasteiger partial charge in [0.1, 0.15) is 5.75 Å². The second-order valence-electron chi connectivity index (χ2n) is 4.85. The van der Waals surface area contributed by atoms with E-state index < -0.39 is 0 Å². The first-order valence-electron chi connectivity index (χ1n) is 6.73. The largest absolute Gasteiger partial charge is 0.497 e. The number of aromatic nitrogens is 1. The quantitative estimate of drug-likeness (QED) is 0.761. The van der Waals surface area contributed by atoms with E-state index in [0.717, 1.165) is 11.3 Å². The lowest BCUT2D eigenvalue weighted by Crippen LogP contribution is -2.13. The molecule has 20 heavy (non-hydrogen) atoms. The molecule has 0 aliphatic carbocycles. The second kappa shape index (κ2) is 5.39. The van der Waals surface area contributed by atoms with Gasteiger partial charge in [0.25, 0.3) is 0 Å². The lowest BCUT2D eigenvalue weighted by molar-refractivity contribution is 0.414. The summed E-state index contributed by atoms with van der Waals surface area (Å²) in [4.78, 5) is 3.32. The first-order valence-corrected chi connectivity index (χ1v) is 6.73. The molecule has 0 aliphatic heterocycles. The van der Waals surface area contributed by atoms with Crippen LogP contribution in [-0.2, 0) is 0 Å². The van der Waals surface area contributed by atoms with Crippen molar-refractivity contribution >= 4 is 10.9 Å². The molecule has 2 aromatic carbocycles. The minimum Gasteiger partial charge on any atom is -0.497 e. The molecule has 0 radical (unpaired) electrons. The molecule has 1 atom stereocenters. The molecule has 0 fully saturated rings. The van der Waals surface area contributed by atoms with E-state index in [0.29, 0.717) is 6.54 Å². The average molecular weight is 266 g/mol. The molecule has 1 aromatic heterocycles. The Hall–Kier alpha value is -2.26. The molecule has 0 saturated carbocycles. The van der Waals surface area contributed by atoms with Gasteiger partial charge in [-0.3, -0.25) is 0 Å². The van der Waals surface area contributed by atoms with Gasteiger partial charge in [0.05, 0.1) is 7.11 Å². The number of benzene rings is 2. The highest BCUT2D eigenvalue weighted by Crippen LogP contribution is 2.30. The highest BCUT2D eigenvalue weighted by molar-refractivity contribution is 5.84. The smallest absolute Gasteiger partial charge is 0.118 e. The summed E-state index contributed by atoms with van der Waals surface area (Å²) in [6.07, 6.45) is 2.06. The fourth-order valence-electron chi connectivity index (χ4n) is 2.66. The zero-order valence-corrected chi connectivity index (χ0v) is 11.5. The predicted molar refractivity (Wildman–Crippen MR) is 82.2 cm³/mol. The number of ether oxygens (including phenoxy) is 1. The summed E-state index contributed by atoms with van der Waals surface area (Å²) >= 11 is 0. The summed E-state index contributed by atoms with van der Waals surface area (Å²) in [6.45, 7) is 0.578. The topological polar surface area (TPSA) is 51.0 Å². The Bertz CT molecular complexity index is 700. The van der Waals surface area contributed by atoms with Crippen molar-refractivity contribution in [2.45, 2.75) is 5.92 Å². The summed E-state index contributed by atoms with van der Waals surface area (Å²) < 4.78 is 5.21. The lowest BCUT2D eigenvalue weighted by atomic mass is 9.91. The first kappa shape index (κ1) is 12.8. The van der Waals surface area contributed by atoms with Crippen LogP contribution >= 0.6 is 0 Å². The van der Waals surface area contributed by atoms with Crippen LogP contribution in [0, 0.1) is 0 Å². The monoisotopic (exact) mass is 266 g/mol. The van der Waals surface area contributed by atoms with Crippen LogP contribution in [0.15, 0.2) is 54.7 Å². The zero-order valence-electron chi connectivity index (χ0n) is 11.5. The maximum Gasteiger partial charge on any atom is 0.118 e. The molecule has 0 spiro atoms. The second-order valence-corrected chi connectivity index (χ2v) is 4.85. The maximum atomic E-state index is 6.01. The molecular weight excluding hydrogens is 248 g/mol. The third-order valence-electron chi connectivity index (χ3n) is 3.75. The van der Waals surface area contributed by atoms with Crippen molar-refractivity contribution in [2.75, 3.05) is 13.7 Å². The minimum absolute atomic E-state index is 0.192. The highest BCUT2D eigenvalue weighted by Gasteiger charge is 2.16. The highest BCUT2D eigenvalue weighted by atomic mass is 16.5. The molecule has 102 valence electrons. The van der Waals surface area contributed by atoms with Gasteiger partial charge in [-0.2, -0.15) is 0 Å². The number of rotatable bonds is 4. The molecule has 0 bridgehead atoms. The average Bonchev–Trinajstić information content (AvgIpc) is 2.93. The number of H-pyrrole nitrogens is 1. The standard InChI is InChI=1S/C17H18N2O/c1-20-13-8-6-12(7-9-13)15(10-18)16-11-19-17-5-3-2-4-14(16)17/h2-9,11,15,19H,10,18H2,1H3. The molecule has 3 heteroatoms. The number of aromatic amines is 1. The van der Waals surface area contributed by atoms with Gasteiger partial charge >= 0.3 is 0 Å². The van der Waals surface area contributed by atoms with Gasteiger partial charge in [-0.05, 0) is 29.3 Å². The van der Waals surface area contributed by atoms with E-state index in [-0.39, 0.29) is 5.92 Å². The molecular formula is C17H18N2O. The van der Waals surface area contributed by atoms with Crippen LogP contribution in [0.4, 0.5) is 0 Å². The molecule has 0 amide bonds. The minimum atomic E-state index is 0.192. The normalized spacial score (nSPS) is 12.5. The molecule has 1 unspecified atom stereocenters. The molecule has 0 saturated heterocycles. The Morgan fingerprint density at radius 1 is 1.10 bits per heavy atom. The van der Waals surface area contributed by atoms with Crippen molar-refractivity contribution in [2.24, 2.45) is 5.73 Å². The van der Waals surface area contributed by atoms with Gasteiger partial charge in [0.2, 0.25) is 0 Å². The van der Waals surface area contributed by atoms with Gasteiger partial charge in [0.15, 0.2) is 0 Å². The number of methoxy groups -OCH3 is 1. The fraction of sp³-hybridized carbons (Fsp3) is 0.176. The van der Waals surface area contributed by atoms with Crippen LogP contribution in [0.25, 0.3) is 10.9 Å². The van der Waals surface area contributed by atoms with Crippen LogP contribution in [0.3, 0.4) is 0 Å². The zero-order chi connectivity index (χ0) is 13.9. The Kier molecular flexibility index (Phi) is 3.44. The van der Waals surface area contributed by atoms with E-state index in [2.05, 4.69) is 41.5 Å². The van der Waals surface area contributed by atoms with Gasteiger partial charge in [-0.15, -0.1) is 0 Å². The van der Waals surface area contributed by atoms with Crippen molar-refractivity contribution in [1.82, 2.24) is 4.98 Å². The van der Waals surface area contributed by atoms with Crippen LogP contribution in [0.1, 0.15) is 17.0 Å². The van der Waals surface area contributed by atoms with Crippen LogP contribution in [-0.4, -0.2) is 18.6 Å². The summed E-state index contributed by atoms with van der Waals surface area (Å²) in [7, 11) is 1.68. The predicted octanol–water partition coefficient (Wildman–Crippen LogP) is 3.27. The molecule has 3 nitrogen and oxygen atoms in total. The Labute approximate surface area is 118 Å². The van der Waals surface area contributed by atoms with Crippen molar-refractivity contribution in [3.8, 4) is 5.75 Å². The number of nitrogens with one attached hydrogen (secondary N) is 1. The number of para-hydroxylation sites is 1. The molecule has 3 N–H and O–H groups in total. The summed E-state index contributed by atoms with van der Waals surface area (Å²) in [5, 5.41) is 1.23. The van der Waals surface area contributed by atoms with E-state index >= 15 is 0 Å². The third kappa shape index (κ3) is 2.17. The van der Waals surface area contributed by atoms with E-state index in [1.54, 1.807) is 7.11 Å². The SMILES string of the molecule is COc1ccc(C(CN)c2c[nH]c3ccccc23)cc1. The van der Waals surface area contributed by atoms with E-state index in [4.69, 9.17) is 10.5 Å².